The molecule has 110 valence electrons. The highest BCUT2D eigenvalue weighted by Crippen LogP contribution is 2.23. The number of benzene rings is 2. The lowest BCUT2D eigenvalue weighted by molar-refractivity contribution is 0.299. The Morgan fingerprint density at radius 1 is 1.24 bits per heavy atom. The molecule has 0 bridgehead atoms. The Balaban J connectivity index is 2.14. The van der Waals surface area contributed by atoms with Crippen LogP contribution in [0.5, 0.6) is 5.75 Å². The van der Waals surface area contributed by atoms with Gasteiger partial charge < -0.3 is 15.7 Å². The van der Waals surface area contributed by atoms with Crippen molar-refractivity contribution in [1.82, 2.24) is 0 Å². The fourth-order valence-corrected chi connectivity index (χ4v) is 1.93. The molecule has 3 N–H and O–H groups in total. The first-order valence-corrected chi connectivity index (χ1v) is 6.23. The summed E-state index contributed by atoms with van der Waals surface area (Å²) in [5.41, 5.74) is 5.86. The van der Waals surface area contributed by atoms with Crippen molar-refractivity contribution in [3.05, 3.63) is 64.2 Å². The van der Waals surface area contributed by atoms with Crippen LogP contribution in [-0.4, -0.2) is 11.0 Å². The molecule has 0 saturated carbocycles. The normalized spacial score (nSPS) is 11.5. The molecule has 2 aromatic rings. The second-order valence-corrected chi connectivity index (χ2v) is 4.56. The van der Waals surface area contributed by atoms with Crippen molar-refractivity contribution in [2.75, 3.05) is 0 Å². The molecule has 0 heterocycles. The molecule has 7 heteroatoms. The molecule has 0 aromatic heterocycles. The summed E-state index contributed by atoms with van der Waals surface area (Å²) in [7, 11) is 0. The fraction of sp³-hybridized carbons (Fsp3) is 0.0714. The number of oxime groups is 1. The molecule has 0 amide bonds. The zero-order valence-electron chi connectivity index (χ0n) is 10.7. The van der Waals surface area contributed by atoms with Gasteiger partial charge in [-0.1, -0.05) is 16.8 Å². The quantitative estimate of drug-likeness (QED) is 0.394. The van der Waals surface area contributed by atoms with Crippen LogP contribution in [0.1, 0.15) is 11.1 Å². The van der Waals surface area contributed by atoms with Gasteiger partial charge in [0.15, 0.2) is 5.84 Å². The number of hydrogen-bond donors (Lipinski definition) is 2. The lowest BCUT2D eigenvalue weighted by atomic mass is 10.2. The van der Waals surface area contributed by atoms with Crippen LogP contribution in [0.3, 0.4) is 0 Å². The first kappa shape index (κ1) is 15.1. The summed E-state index contributed by atoms with van der Waals surface area (Å²) >= 11 is 5.96. The molecule has 0 saturated heterocycles. The van der Waals surface area contributed by atoms with Crippen molar-refractivity contribution >= 4 is 17.4 Å². The van der Waals surface area contributed by atoms with E-state index in [1.807, 2.05) is 0 Å². The van der Waals surface area contributed by atoms with Crippen molar-refractivity contribution < 1.29 is 18.7 Å². The predicted octanol–water partition coefficient (Wildman–Crippen LogP) is 3.29. The standard InChI is InChI=1S/C14H11ClF2N2O2/c15-12-6-10(2-3-11(12)14(18)19-20)21-7-8-5-9(16)1-4-13(8)17/h1-6,20H,7H2,(H2,18,19). The van der Waals surface area contributed by atoms with Crippen LogP contribution in [0, 0.1) is 11.6 Å². The lowest BCUT2D eigenvalue weighted by Gasteiger charge is -2.09. The molecule has 0 aliphatic rings. The molecule has 0 aliphatic carbocycles. The van der Waals surface area contributed by atoms with Gasteiger partial charge in [0.1, 0.15) is 24.0 Å². The average molecular weight is 313 g/mol. The van der Waals surface area contributed by atoms with Gasteiger partial charge in [-0.15, -0.1) is 0 Å². The van der Waals surface area contributed by atoms with Crippen LogP contribution in [-0.2, 0) is 6.61 Å². The maximum Gasteiger partial charge on any atom is 0.171 e. The third-order valence-electron chi connectivity index (χ3n) is 2.73. The molecule has 0 aliphatic heterocycles. The minimum Gasteiger partial charge on any atom is -0.489 e. The van der Waals surface area contributed by atoms with Gasteiger partial charge in [0.2, 0.25) is 0 Å². The number of amidine groups is 1. The smallest absolute Gasteiger partial charge is 0.171 e. The summed E-state index contributed by atoms with van der Waals surface area (Å²) in [6.07, 6.45) is 0. The summed E-state index contributed by atoms with van der Waals surface area (Å²) < 4.78 is 31.8. The molecular formula is C14H11ClF2N2O2. The van der Waals surface area contributed by atoms with Crippen LogP contribution in [0.2, 0.25) is 5.02 Å². The Labute approximate surface area is 124 Å². The number of nitrogens with zero attached hydrogens (tertiary/aromatic N) is 1. The molecule has 21 heavy (non-hydrogen) atoms. The maximum absolute atomic E-state index is 13.4. The Hall–Kier alpha value is -2.34. The second kappa shape index (κ2) is 6.41. The Kier molecular flexibility index (Phi) is 4.59. The molecule has 0 radical (unpaired) electrons. The van der Waals surface area contributed by atoms with Crippen LogP contribution in [0.4, 0.5) is 8.78 Å². The minimum atomic E-state index is -0.559. The molecule has 4 nitrogen and oxygen atoms in total. The second-order valence-electron chi connectivity index (χ2n) is 4.15. The van der Waals surface area contributed by atoms with Gasteiger partial charge in [-0.25, -0.2) is 8.78 Å². The van der Waals surface area contributed by atoms with Gasteiger partial charge in [-0.05, 0) is 36.4 Å². The highest BCUT2D eigenvalue weighted by molar-refractivity contribution is 6.34. The van der Waals surface area contributed by atoms with Gasteiger partial charge in [0, 0.05) is 11.1 Å². The van der Waals surface area contributed by atoms with Crippen LogP contribution in [0.15, 0.2) is 41.6 Å². The Morgan fingerprint density at radius 3 is 2.67 bits per heavy atom. The van der Waals surface area contributed by atoms with Gasteiger partial charge in [-0.2, -0.15) is 0 Å². The van der Waals surface area contributed by atoms with Gasteiger partial charge in [0.05, 0.1) is 5.02 Å². The lowest BCUT2D eigenvalue weighted by Crippen LogP contribution is -2.13. The number of halogens is 3. The number of rotatable bonds is 4. The van der Waals surface area contributed by atoms with Gasteiger partial charge in [0.25, 0.3) is 0 Å². The van der Waals surface area contributed by atoms with Crippen molar-refractivity contribution in [2.24, 2.45) is 10.9 Å². The first-order chi connectivity index (χ1) is 10.0. The summed E-state index contributed by atoms with van der Waals surface area (Å²) in [4.78, 5) is 0. The highest BCUT2D eigenvalue weighted by atomic mass is 35.5. The maximum atomic E-state index is 13.4. The van der Waals surface area contributed by atoms with Gasteiger partial charge >= 0.3 is 0 Å². The predicted molar refractivity (Wildman–Crippen MR) is 74.7 cm³/mol. The zero-order valence-corrected chi connectivity index (χ0v) is 11.4. The van der Waals surface area contributed by atoms with E-state index in [4.69, 9.17) is 27.3 Å². The molecule has 2 aromatic carbocycles. The monoisotopic (exact) mass is 312 g/mol. The van der Waals surface area contributed by atoms with Gasteiger partial charge in [-0.3, -0.25) is 0 Å². The topological polar surface area (TPSA) is 67.8 Å². The summed E-state index contributed by atoms with van der Waals surface area (Å²) in [6.45, 7) is -0.150. The van der Waals surface area contributed by atoms with Crippen molar-refractivity contribution in [3.63, 3.8) is 0 Å². The first-order valence-electron chi connectivity index (χ1n) is 5.85. The summed E-state index contributed by atoms with van der Waals surface area (Å²) in [5.74, 6) is -0.896. The number of ether oxygens (including phenoxy) is 1. The summed E-state index contributed by atoms with van der Waals surface area (Å²) in [5, 5.41) is 11.6. The van der Waals surface area contributed by atoms with E-state index in [9.17, 15) is 8.78 Å². The fourth-order valence-electron chi connectivity index (χ4n) is 1.66. The number of hydrogen-bond acceptors (Lipinski definition) is 3. The van der Waals surface area contributed by atoms with E-state index in [-0.39, 0.29) is 23.0 Å². The number of nitrogens with two attached hydrogens (primary N) is 1. The van der Waals surface area contributed by atoms with E-state index in [0.717, 1.165) is 18.2 Å². The van der Waals surface area contributed by atoms with Crippen molar-refractivity contribution in [1.29, 1.82) is 0 Å². The largest absolute Gasteiger partial charge is 0.489 e. The third-order valence-corrected chi connectivity index (χ3v) is 3.04. The van der Waals surface area contributed by atoms with Crippen molar-refractivity contribution in [2.45, 2.75) is 6.61 Å². The van der Waals surface area contributed by atoms with Crippen LogP contribution >= 0.6 is 11.6 Å². The van der Waals surface area contributed by atoms with E-state index >= 15 is 0 Å². The Morgan fingerprint density at radius 2 is 2.00 bits per heavy atom. The molecule has 0 unspecified atom stereocenters. The molecular weight excluding hydrogens is 302 g/mol. The Bertz CT molecular complexity index is 693. The van der Waals surface area contributed by atoms with E-state index in [0.29, 0.717) is 11.3 Å². The van der Waals surface area contributed by atoms with E-state index in [1.165, 1.54) is 18.2 Å². The SMILES string of the molecule is N/C(=N/O)c1ccc(OCc2cc(F)ccc2F)cc1Cl. The van der Waals surface area contributed by atoms with E-state index in [1.54, 1.807) is 0 Å². The summed E-state index contributed by atoms with van der Waals surface area (Å²) in [6, 6.07) is 7.57. The molecule has 0 fully saturated rings. The van der Waals surface area contributed by atoms with E-state index < -0.39 is 11.6 Å². The van der Waals surface area contributed by atoms with Crippen LogP contribution < -0.4 is 10.5 Å². The molecule has 0 spiro atoms. The van der Waals surface area contributed by atoms with E-state index in [2.05, 4.69) is 5.16 Å². The van der Waals surface area contributed by atoms with Crippen LogP contribution in [0.25, 0.3) is 0 Å². The molecule has 2 rings (SSSR count). The van der Waals surface area contributed by atoms with Crippen molar-refractivity contribution in [3.8, 4) is 5.75 Å². The third kappa shape index (κ3) is 3.61. The average Bonchev–Trinajstić information content (AvgIpc) is 2.47. The highest BCUT2D eigenvalue weighted by Gasteiger charge is 2.09. The zero-order chi connectivity index (χ0) is 15.4. The minimum absolute atomic E-state index is 0.0895. The molecule has 0 atom stereocenters.